The first kappa shape index (κ1) is 26.1. The molecule has 1 aromatic heterocycles. The van der Waals surface area contributed by atoms with E-state index in [0.717, 1.165) is 47.2 Å². The van der Waals surface area contributed by atoms with Crippen LogP contribution in [0.15, 0.2) is 23.3 Å². The standard InChI is InChI=1S/C28H33N3O7/c1-5-6-7-17-19-9-23-24(37-15-36-23)10-21(19)29-26-20(17)11-31(4)22(26)8-18-16(13-32)14-35-28(34)27(18)38-25(33)12-30(2)3/h9-10,13,22,27H,5-8,11-12,14-15H2,1-4H3. The summed E-state index contributed by atoms with van der Waals surface area (Å²) in [6.45, 7) is 2.90. The molecule has 0 saturated heterocycles. The van der Waals surface area contributed by atoms with Crippen molar-refractivity contribution in [1.29, 1.82) is 0 Å². The molecule has 0 fully saturated rings. The zero-order chi connectivity index (χ0) is 27.0. The van der Waals surface area contributed by atoms with Crippen LogP contribution in [0, 0.1) is 0 Å². The zero-order valence-corrected chi connectivity index (χ0v) is 22.2. The maximum absolute atomic E-state index is 12.7. The van der Waals surface area contributed by atoms with Crippen molar-refractivity contribution in [2.75, 3.05) is 41.1 Å². The van der Waals surface area contributed by atoms with Crippen LogP contribution in [-0.4, -0.2) is 80.2 Å². The van der Waals surface area contributed by atoms with E-state index in [0.29, 0.717) is 36.1 Å². The maximum atomic E-state index is 12.7. The lowest BCUT2D eigenvalue weighted by molar-refractivity contribution is -0.166. The molecule has 0 radical (unpaired) electrons. The van der Waals surface area contributed by atoms with Gasteiger partial charge >= 0.3 is 11.9 Å². The summed E-state index contributed by atoms with van der Waals surface area (Å²) in [5.41, 5.74) is 4.91. The molecule has 0 aliphatic carbocycles. The smallest absolute Gasteiger partial charge is 0.352 e. The Hall–Kier alpha value is -3.50. The Morgan fingerprint density at radius 3 is 2.71 bits per heavy atom. The Morgan fingerprint density at radius 1 is 1.24 bits per heavy atom. The average Bonchev–Trinajstić information content (AvgIpc) is 3.46. The summed E-state index contributed by atoms with van der Waals surface area (Å²) in [5.74, 6) is 0.164. The van der Waals surface area contributed by atoms with Crippen LogP contribution in [0.4, 0.5) is 0 Å². The highest BCUT2D eigenvalue weighted by atomic mass is 16.7. The summed E-state index contributed by atoms with van der Waals surface area (Å²) >= 11 is 0. The first-order valence-electron chi connectivity index (χ1n) is 12.9. The number of unbranched alkanes of at least 4 members (excludes halogenated alkanes) is 1. The van der Waals surface area contributed by atoms with Gasteiger partial charge in [-0.15, -0.1) is 0 Å². The van der Waals surface area contributed by atoms with Gasteiger partial charge < -0.3 is 18.9 Å². The number of fused-ring (bicyclic) bond motifs is 3. The van der Waals surface area contributed by atoms with Crippen molar-refractivity contribution in [2.45, 2.75) is 51.3 Å². The fraction of sp³-hybridized carbons (Fsp3) is 0.500. The van der Waals surface area contributed by atoms with Crippen molar-refractivity contribution in [3.05, 3.63) is 40.1 Å². The second-order valence-electron chi connectivity index (χ2n) is 10.3. The minimum atomic E-state index is -1.26. The van der Waals surface area contributed by atoms with Crippen LogP contribution < -0.4 is 9.47 Å². The number of aldehydes is 1. The normalized spacial score (nSPS) is 20.7. The number of aromatic nitrogens is 1. The summed E-state index contributed by atoms with van der Waals surface area (Å²) in [7, 11) is 5.47. The Morgan fingerprint density at radius 2 is 2.00 bits per heavy atom. The maximum Gasteiger partial charge on any atom is 0.352 e. The van der Waals surface area contributed by atoms with Crippen molar-refractivity contribution in [1.82, 2.24) is 14.8 Å². The molecule has 2 atom stereocenters. The number of ether oxygens (including phenoxy) is 4. The number of nitrogens with zero attached hydrogens (tertiary/aromatic N) is 3. The number of likely N-dealkylation sites (N-methyl/N-ethyl adjacent to an activating group) is 1. The Labute approximate surface area is 221 Å². The lowest BCUT2D eigenvalue weighted by atomic mass is 9.91. The molecule has 4 heterocycles. The van der Waals surface area contributed by atoms with Crippen LogP contribution in [-0.2, 0) is 36.8 Å². The molecule has 0 spiro atoms. The van der Waals surface area contributed by atoms with E-state index in [1.807, 2.05) is 19.2 Å². The lowest BCUT2D eigenvalue weighted by Gasteiger charge is -2.29. The van der Waals surface area contributed by atoms with Crippen LogP contribution in [0.1, 0.15) is 49.0 Å². The minimum Gasteiger partial charge on any atom is -0.458 e. The van der Waals surface area contributed by atoms with E-state index in [-0.39, 0.29) is 26.0 Å². The summed E-state index contributed by atoms with van der Waals surface area (Å²) in [6.07, 6.45) is 2.72. The number of carbonyl (C=O) groups is 3. The third-order valence-electron chi connectivity index (χ3n) is 7.33. The van der Waals surface area contributed by atoms with Gasteiger partial charge in [0.15, 0.2) is 11.5 Å². The van der Waals surface area contributed by atoms with E-state index in [4.69, 9.17) is 23.9 Å². The molecule has 10 heteroatoms. The van der Waals surface area contributed by atoms with Gasteiger partial charge in [-0.25, -0.2) is 4.79 Å². The average molecular weight is 524 g/mol. The number of hydrogen-bond donors (Lipinski definition) is 0. The molecule has 2 unspecified atom stereocenters. The molecular formula is C28H33N3O7. The summed E-state index contributed by atoms with van der Waals surface area (Å²) in [6, 6.07) is 3.72. The predicted octanol–water partition coefficient (Wildman–Crippen LogP) is 2.71. The number of benzene rings is 1. The van der Waals surface area contributed by atoms with Gasteiger partial charge in [-0.1, -0.05) is 13.3 Å². The van der Waals surface area contributed by atoms with E-state index < -0.39 is 18.0 Å². The Kier molecular flexibility index (Phi) is 7.36. The fourth-order valence-electron chi connectivity index (χ4n) is 5.42. The molecule has 0 saturated carbocycles. The fourth-order valence-corrected chi connectivity index (χ4v) is 5.42. The number of aryl methyl sites for hydroxylation is 1. The molecule has 10 nitrogen and oxygen atoms in total. The number of cyclic esters (lactones) is 1. The predicted molar refractivity (Wildman–Crippen MR) is 138 cm³/mol. The molecule has 0 amide bonds. The van der Waals surface area contributed by atoms with Crippen LogP contribution in [0.3, 0.4) is 0 Å². The van der Waals surface area contributed by atoms with Gasteiger partial charge in [-0.2, -0.15) is 0 Å². The molecule has 0 N–H and O–H groups in total. The number of carbonyl (C=O) groups excluding carboxylic acids is 3. The quantitative estimate of drug-likeness (QED) is 0.360. The van der Waals surface area contributed by atoms with E-state index >= 15 is 0 Å². The Balaban J connectivity index is 1.55. The SMILES string of the molecule is CCCCc1c2c(nc3cc4c(cc13)OCO4)C(CC1=C(C=O)COC(=O)C1OC(=O)CN(C)C)N(C)C2. The summed E-state index contributed by atoms with van der Waals surface area (Å²) in [4.78, 5) is 46.1. The highest BCUT2D eigenvalue weighted by Crippen LogP contribution is 2.44. The number of hydrogen-bond acceptors (Lipinski definition) is 10. The van der Waals surface area contributed by atoms with E-state index in [1.165, 1.54) is 5.56 Å². The molecule has 5 rings (SSSR count). The van der Waals surface area contributed by atoms with Crippen LogP contribution in [0.5, 0.6) is 11.5 Å². The largest absolute Gasteiger partial charge is 0.458 e. The molecule has 1 aromatic carbocycles. The van der Waals surface area contributed by atoms with E-state index in [1.54, 1.807) is 19.0 Å². The van der Waals surface area contributed by atoms with Crippen molar-refractivity contribution in [3.8, 4) is 11.5 Å². The first-order chi connectivity index (χ1) is 18.3. The van der Waals surface area contributed by atoms with Gasteiger partial charge in [0.2, 0.25) is 12.9 Å². The van der Waals surface area contributed by atoms with Gasteiger partial charge in [-0.05, 0) is 63.2 Å². The third-order valence-corrected chi connectivity index (χ3v) is 7.33. The lowest BCUT2D eigenvalue weighted by Crippen LogP contribution is -2.39. The van der Waals surface area contributed by atoms with E-state index in [9.17, 15) is 14.4 Å². The first-order valence-corrected chi connectivity index (χ1v) is 12.9. The van der Waals surface area contributed by atoms with Gasteiger partial charge in [0.25, 0.3) is 0 Å². The second-order valence-corrected chi connectivity index (χ2v) is 10.3. The zero-order valence-electron chi connectivity index (χ0n) is 22.2. The van der Waals surface area contributed by atoms with Gasteiger partial charge in [-0.3, -0.25) is 24.4 Å². The molecule has 2 aromatic rings. The van der Waals surface area contributed by atoms with Crippen molar-refractivity contribution in [2.24, 2.45) is 0 Å². The Bertz CT molecular complexity index is 1320. The number of pyridine rings is 1. The highest BCUT2D eigenvalue weighted by molar-refractivity contribution is 5.89. The van der Waals surface area contributed by atoms with Crippen molar-refractivity contribution in [3.63, 3.8) is 0 Å². The second kappa shape index (κ2) is 10.7. The van der Waals surface area contributed by atoms with Gasteiger partial charge in [0, 0.05) is 23.6 Å². The monoisotopic (exact) mass is 523 g/mol. The van der Waals surface area contributed by atoms with Crippen LogP contribution >= 0.6 is 0 Å². The van der Waals surface area contributed by atoms with Crippen molar-refractivity contribution >= 4 is 29.1 Å². The molecule has 38 heavy (non-hydrogen) atoms. The number of esters is 2. The van der Waals surface area contributed by atoms with Crippen LogP contribution in [0.25, 0.3) is 10.9 Å². The van der Waals surface area contributed by atoms with Gasteiger partial charge in [0.1, 0.15) is 12.9 Å². The third kappa shape index (κ3) is 4.86. The highest BCUT2D eigenvalue weighted by Gasteiger charge is 2.40. The number of rotatable bonds is 9. The molecule has 0 bridgehead atoms. The van der Waals surface area contributed by atoms with Crippen LogP contribution in [0.2, 0.25) is 0 Å². The summed E-state index contributed by atoms with van der Waals surface area (Å²) in [5, 5.41) is 1.06. The minimum absolute atomic E-state index is 0.00406. The summed E-state index contributed by atoms with van der Waals surface area (Å²) < 4.78 is 22.0. The molecule has 202 valence electrons. The molecule has 3 aliphatic heterocycles. The van der Waals surface area contributed by atoms with Gasteiger partial charge in [0.05, 0.1) is 23.8 Å². The van der Waals surface area contributed by atoms with E-state index in [2.05, 4.69) is 11.8 Å². The molecule has 3 aliphatic rings. The topological polar surface area (TPSA) is 108 Å². The molecular weight excluding hydrogens is 490 g/mol. The van der Waals surface area contributed by atoms with Crippen molar-refractivity contribution < 1.29 is 33.3 Å².